The third kappa shape index (κ3) is 3.25. The molecule has 1 aromatic heterocycles. The van der Waals surface area contributed by atoms with Crippen LogP contribution in [0.3, 0.4) is 0 Å². The van der Waals surface area contributed by atoms with Crippen LogP contribution in [0.25, 0.3) is 10.9 Å². The Morgan fingerprint density at radius 1 is 1.27 bits per heavy atom. The summed E-state index contributed by atoms with van der Waals surface area (Å²) in [5, 5.41) is 4.32. The van der Waals surface area contributed by atoms with Crippen molar-refractivity contribution in [2.75, 3.05) is 20.8 Å². The zero-order chi connectivity index (χ0) is 16.1. The van der Waals surface area contributed by atoms with Crippen molar-refractivity contribution in [2.24, 2.45) is 0 Å². The lowest BCUT2D eigenvalue weighted by molar-refractivity contribution is 0.0585. The van der Waals surface area contributed by atoms with Gasteiger partial charge in [0.25, 0.3) is 0 Å². The number of nitrogens with one attached hydrogen (secondary N) is 1. The summed E-state index contributed by atoms with van der Waals surface area (Å²) < 4.78 is 12.4. The number of methoxy groups -OCH3 is 2. The molecule has 0 aliphatic heterocycles. The lowest BCUT2D eigenvalue weighted by atomic mass is 10.2. The Hall–Kier alpha value is -2.01. The van der Waals surface area contributed by atoms with Crippen molar-refractivity contribution < 1.29 is 14.3 Å². The van der Waals surface area contributed by atoms with Crippen LogP contribution in [-0.2, 0) is 11.3 Å². The van der Waals surface area contributed by atoms with E-state index in [0.717, 1.165) is 30.4 Å². The van der Waals surface area contributed by atoms with Gasteiger partial charge in [0.1, 0.15) is 0 Å². The molecule has 0 spiro atoms. The number of benzene rings is 1. The zero-order valence-corrected chi connectivity index (χ0v) is 13.7. The van der Waals surface area contributed by atoms with Gasteiger partial charge in [-0.05, 0) is 25.1 Å². The molecule has 0 saturated carbocycles. The van der Waals surface area contributed by atoms with Gasteiger partial charge in [-0.25, -0.2) is 4.79 Å². The predicted octanol–water partition coefficient (Wildman–Crippen LogP) is 2.82. The van der Waals surface area contributed by atoms with Gasteiger partial charge in [0.15, 0.2) is 11.4 Å². The maximum atomic E-state index is 12.2. The number of aryl methyl sites for hydroxylation is 1. The first-order chi connectivity index (χ1) is 10.6. The monoisotopic (exact) mass is 304 g/mol. The molecular formula is C17H24N2O3. The highest BCUT2D eigenvalue weighted by molar-refractivity contribution is 6.01. The van der Waals surface area contributed by atoms with Crippen molar-refractivity contribution in [3.8, 4) is 5.75 Å². The molecule has 0 unspecified atom stereocenters. The average molecular weight is 304 g/mol. The largest absolute Gasteiger partial charge is 0.494 e. The molecule has 0 amide bonds. The van der Waals surface area contributed by atoms with Gasteiger partial charge in [-0.1, -0.05) is 26.0 Å². The van der Waals surface area contributed by atoms with Gasteiger partial charge in [-0.3, -0.25) is 0 Å². The van der Waals surface area contributed by atoms with Crippen molar-refractivity contribution in [3.05, 3.63) is 30.0 Å². The first-order valence-electron chi connectivity index (χ1n) is 7.57. The number of hydrogen-bond acceptors (Lipinski definition) is 4. The van der Waals surface area contributed by atoms with E-state index >= 15 is 0 Å². The van der Waals surface area contributed by atoms with Crippen LogP contribution in [0.15, 0.2) is 24.3 Å². The highest BCUT2D eigenvalue weighted by Gasteiger charge is 2.23. The van der Waals surface area contributed by atoms with Gasteiger partial charge in [-0.2, -0.15) is 0 Å². The highest BCUT2D eigenvalue weighted by Crippen LogP contribution is 2.33. The number of fused-ring (bicyclic) bond motifs is 1. The fourth-order valence-electron chi connectivity index (χ4n) is 2.64. The predicted molar refractivity (Wildman–Crippen MR) is 87.6 cm³/mol. The molecule has 0 atom stereocenters. The van der Waals surface area contributed by atoms with E-state index in [4.69, 9.17) is 9.47 Å². The Balaban J connectivity index is 2.39. The van der Waals surface area contributed by atoms with E-state index in [2.05, 4.69) is 19.2 Å². The fraction of sp³-hybridized carbons (Fsp3) is 0.471. The minimum Gasteiger partial charge on any atom is -0.494 e. The fourth-order valence-corrected chi connectivity index (χ4v) is 2.64. The number of carbonyl (C=O) groups is 1. The molecule has 0 saturated heterocycles. The van der Waals surface area contributed by atoms with E-state index in [0.29, 0.717) is 17.5 Å². The SMILES string of the molecule is COC(=O)c1c(OC)c2ccccc2n1CCCNC(C)C. The Morgan fingerprint density at radius 2 is 2.00 bits per heavy atom. The summed E-state index contributed by atoms with van der Waals surface area (Å²) in [7, 11) is 2.98. The van der Waals surface area contributed by atoms with Crippen LogP contribution in [0, 0.1) is 0 Å². The number of ether oxygens (including phenoxy) is 2. The molecule has 120 valence electrons. The van der Waals surface area contributed by atoms with Crippen molar-refractivity contribution in [1.82, 2.24) is 9.88 Å². The van der Waals surface area contributed by atoms with E-state index in [-0.39, 0.29) is 5.97 Å². The topological polar surface area (TPSA) is 52.5 Å². The molecule has 0 aliphatic carbocycles. The minimum atomic E-state index is -0.370. The minimum absolute atomic E-state index is 0.370. The van der Waals surface area contributed by atoms with Crippen molar-refractivity contribution in [2.45, 2.75) is 32.9 Å². The second-order valence-corrected chi connectivity index (χ2v) is 5.50. The number of para-hydroxylation sites is 1. The first-order valence-corrected chi connectivity index (χ1v) is 7.57. The molecule has 5 heteroatoms. The van der Waals surface area contributed by atoms with Gasteiger partial charge < -0.3 is 19.4 Å². The summed E-state index contributed by atoms with van der Waals surface area (Å²) >= 11 is 0. The number of esters is 1. The molecule has 0 aliphatic rings. The lowest BCUT2D eigenvalue weighted by Crippen LogP contribution is -2.25. The van der Waals surface area contributed by atoms with Crippen LogP contribution < -0.4 is 10.1 Å². The smallest absolute Gasteiger partial charge is 0.358 e. The molecular weight excluding hydrogens is 280 g/mol. The van der Waals surface area contributed by atoms with E-state index in [1.54, 1.807) is 7.11 Å². The highest BCUT2D eigenvalue weighted by atomic mass is 16.5. The van der Waals surface area contributed by atoms with Gasteiger partial charge >= 0.3 is 5.97 Å². The van der Waals surface area contributed by atoms with Crippen LogP contribution in [-0.4, -0.2) is 37.3 Å². The molecule has 1 heterocycles. The quantitative estimate of drug-likeness (QED) is 0.631. The summed E-state index contributed by atoms with van der Waals surface area (Å²) in [6.45, 7) is 5.86. The maximum absolute atomic E-state index is 12.2. The molecule has 1 aromatic carbocycles. The first kappa shape index (κ1) is 16.4. The zero-order valence-electron chi connectivity index (χ0n) is 13.7. The second kappa shape index (κ2) is 7.31. The Labute approximate surface area is 131 Å². The van der Waals surface area contributed by atoms with Crippen molar-refractivity contribution in [1.29, 1.82) is 0 Å². The lowest BCUT2D eigenvalue weighted by Gasteiger charge is -2.12. The third-order valence-electron chi connectivity index (χ3n) is 3.62. The molecule has 2 rings (SSSR count). The Kier molecular flexibility index (Phi) is 5.44. The van der Waals surface area contributed by atoms with E-state index in [9.17, 15) is 4.79 Å². The molecule has 5 nitrogen and oxygen atoms in total. The summed E-state index contributed by atoms with van der Waals surface area (Å²) in [5.41, 5.74) is 1.47. The number of aromatic nitrogens is 1. The number of rotatable bonds is 7. The summed E-state index contributed by atoms with van der Waals surface area (Å²) in [6, 6.07) is 8.32. The maximum Gasteiger partial charge on any atom is 0.358 e. The Bertz CT molecular complexity index is 647. The van der Waals surface area contributed by atoms with Crippen molar-refractivity contribution in [3.63, 3.8) is 0 Å². The van der Waals surface area contributed by atoms with E-state index in [1.807, 2.05) is 28.8 Å². The van der Waals surface area contributed by atoms with Crippen LogP contribution in [0.2, 0.25) is 0 Å². The molecule has 1 N–H and O–H groups in total. The molecule has 0 bridgehead atoms. The molecule has 2 aromatic rings. The van der Waals surface area contributed by atoms with Gasteiger partial charge in [0.05, 0.1) is 19.7 Å². The molecule has 0 fully saturated rings. The van der Waals surface area contributed by atoms with E-state index < -0.39 is 0 Å². The average Bonchev–Trinajstić information content (AvgIpc) is 2.84. The number of nitrogens with zero attached hydrogens (tertiary/aromatic N) is 1. The molecule has 0 radical (unpaired) electrons. The van der Waals surface area contributed by atoms with Crippen LogP contribution >= 0.6 is 0 Å². The van der Waals surface area contributed by atoms with Gasteiger partial charge in [0.2, 0.25) is 0 Å². The third-order valence-corrected chi connectivity index (χ3v) is 3.62. The van der Waals surface area contributed by atoms with Crippen molar-refractivity contribution >= 4 is 16.9 Å². The van der Waals surface area contributed by atoms with Crippen LogP contribution in [0.5, 0.6) is 5.75 Å². The van der Waals surface area contributed by atoms with E-state index in [1.165, 1.54) is 7.11 Å². The summed E-state index contributed by atoms with van der Waals surface area (Å²) in [6.07, 6.45) is 0.921. The number of carbonyl (C=O) groups excluding carboxylic acids is 1. The second-order valence-electron chi connectivity index (χ2n) is 5.50. The number of hydrogen-bond donors (Lipinski definition) is 1. The van der Waals surface area contributed by atoms with Crippen LogP contribution in [0.1, 0.15) is 30.8 Å². The normalized spacial score (nSPS) is 11.1. The van der Waals surface area contributed by atoms with Gasteiger partial charge in [-0.15, -0.1) is 0 Å². The summed E-state index contributed by atoms with van der Waals surface area (Å²) in [4.78, 5) is 12.2. The van der Waals surface area contributed by atoms with Gasteiger partial charge in [0, 0.05) is 18.0 Å². The molecule has 22 heavy (non-hydrogen) atoms. The standard InChI is InChI=1S/C17H24N2O3/c1-12(2)18-10-7-11-19-14-9-6-5-8-13(14)16(21-3)15(19)17(20)22-4/h5-6,8-9,12,18H,7,10-11H2,1-4H3. The summed E-state index contributed by atoms with van der Waals surface area (Å²) in [5.74, 6) is 0.212. The Morgan fingerprint density at radius 3 is 2.64 bits per heavy atom. The van der Waals surface area contributed by atoms with Crippen LogP contribution in [0.4, 0.5) is 0 Å².